The van der Waals surface area contributed by atoms with Crippen LogP contribution in [-0.4, -0.2) is 49.1 Å². The molecule has 1 atom stereocenters. The van der Waals surface area contributed by atoms with Crippen LogP contribution in [-0.2, 0) is 0 Å². The maximum absolute atomic E-state index is 12.7. The van der Waals surface area contributed by atoms with Gasteiger partial charge in [-0.1, -0.05) is 36.4 Å². The van der Waals surface area contributed by atoms with Gasteiger partial charge in [0, 0.05) is 18.5 Å². The fourth-order valence-electron chi connectivity index (χ4n) is 3.29. The maximum atomic E-state index is 12.7. The molecule has 1 saturated heterocycles. The number of benzene rings is 1. The van der Waals surface area contributed by atoms with E-state index >= 15 is 0 Å². The molecule has 0 radical (unpaired) electrons. The Balaban J connectivity index is 1.56. The minimum atomic E-state index is -0.0882. The molecule has 1 aromatic carbocycles. The van der Waals surface area contributed by atoms with Crippen molar-refractivity contribution in [1.82, 2.24) is 15.1 Å². The highest BCUT2D eigenvalue weighted by Gasteiger charge is 2.20. The molecule has 5 heteroatoms. The average Bonchev–Trinajstić information content (AvgIpc) is 3.34. The number of nitrogens with zero attached hydrogens (tertiary/aromatic N) is 2. The van der Waals surface area contributed by atoms with Gasteiger partial charge in [0.05, 0.1) is 6.04 Å². The summed E-state index contributed by atoms with van der Waals surface area (Å²) < 4.78 is 0. The molecule has 3 rings (SSSR count). The van der Waals surface area contributed by atoms with E-state index in [1.807, 2.05) is 31.3 Å². The number of carbonyl (C=O) groups excluding carboxylic acids is 1. The van der Waals surface area contributed by atoms with Crippen LogP contribution < -0.4 is 5.32 Å². The van der Waals surface area contributed by atoms with E-state index in [-0.39, 0.29) is 12.1 Å². The Morgan fingerprint density at radius 2 is 1.96 bits per heavy atom. The summed E-state index contributed by atoms with van der Waals surface area (Å²) >= 11 is 1.67. The molecule has 0 saturated carbocycles. The van der Waals surface area contributed by atoms with Crippen molar-refractivity contribution in [2.45, 2.75) is 25.3 Å². The largest absolute Gasteiger partial charge is 0.328 e. The third-order valence-electron chi connectivity index (χ3n) is 4.74. The third kappa shape index (κ3) is 5.06. The number of nitrogens with one attached hydrogen (secondary N) is 1. The van der Waals surface area contributed by atoms with Crippen LogP contribution in [0.2, 0.25) is 0 Å². The fourth-order valence-corrected chi connectivity index (χ4v) is 4.10. The second kappa shape index (κ2) is 9.02. The summed E-state index contributed by atoms with van der Waals surface area (Å²) in [6, 6.07) is 14.2. The lowest BCUT2D eigenvalue weighted by atomic mass is 10.1. The molecule has 0 bridgehead atoms. The van der Waals surface area contributed by atoms with E-state index in [2.05, 4.69) is 33.8 Å². The van der Waals surface area contributed by atoms with Crippen molar-refractivity contribution in [2.24, 2.45) is 0 Å². The molecule has 25 heavy (non-hydrogen) atoms. The van der Waals surface area contributed by atoms with E-state index in [1.165, 1.54) is 25.9 Å². The zero-order valence-corrected chi connectivity index (χ0v) is 15.7. The standard InChI is InChI=1S/C20H27N3OS/c1-22(12-8-15-23-13-5-6-14-23)20(24)21-19(18-11-7-16-25-18)17-9-3-2-4-10-17/h2-4,7,9-11,16,19H,5-6,8,12-15H2,1H3,(H,21,24)/t19-/m1/s1. The highest BCUT2D eigenvalue weighted by molar-refractivity contribution is 7.10. The lowest BCUT2D eigenvalue weighted by Crippen LogP contribution is -2.40. The lowest BCUT2D eigenvalue weighted by molar-refractivity contribution is 0.203. The second-order valence-electron chi connectivity index (χ2n) is 6.63. The summed E-state index contributed by atoms with van der Waals surface area (Å²) in [5, 5.41) is 5.25. The Morgan fingerprint density at radius 1 is 1.20 bits per heavy atom. The van der Waals surface area contributed by atoms with Gasteiger partial charge in [0.1, 0.15) is 0 Å². The summed E-state index contributed by atoms with van der Waals surface area (Å²) in [5.41, 5.74) is 1.11. The van der Waals surface area contributed by atoms with Crippen molar-refractivity contribution in [2.75, 3.05) is 33.2 Å². The van der Waals surface area contributed by atoms with Crippen molar-refractivity contribution < 1.29 is 4.79 Å². The number of amides is 2. The number of thiophene rings is 1. The van der Waals surface area contributed by atoms with Crippen LogP contribution >= 0.6 is 11.3 Å². The van der Waals surface area contributed by atoms with Crippen molar-refractivity contribution in [3.8, 4) is 0 Å². The maximum Gasteiger partial charge on any atom is 0.317 e. The zero-order valence-electron chi connectivity index (χ0n) is 14.9. The van der Waals surface area contributed by atoms with E-state index in [0.717, 1.165) is 30.0 Å². The van der Waals surface area contributed by atoms with Crippen molar-refractivity contribution in [3.05, 3.63) is 58.3 Å². The summed E-state index contributed by atoms with van der Waals surface area (Å²) in [6.07, 6.45) is 3.66. The monoisotopic (exact) mass is 357 g/mol. The molecule has 2 amide bonds. The number of rotatable bonds is 7. The Kier molecular flexibility index (Phi) is 6.48. The second-order valence-corrected chi connectivity index (χ2v) is 7.61. The van der Waals surface area contributed by atoms with E-state index in [4.69, 9.17) is 0 Å². The molecule has 2 aromatic rings. The first-order chi connectivity index (χ1) is 12.2. The van der Waals surface area contributed by atoms with Gasteiger partial charge in [-0.2, -0.15) is 0 Å². The minimum Gasteiger partial charge on any atom is -0.328 e. The number of carbonyl (C=O) groups is 1. The van der Waals surface area contributed by atoms with Gasteiger partial charge in [0.25, 0.3) is 0 Å². The first-order valence-corrected chi connectivity index (χ1v) is 9.94. The summed E-state index contributed by atoms with van der Waals surface area (Å²) in [5.74, 6) is 0. The number of urea groups is 1. The molecule has 0 aliphatic carbocycles. The molecule has 1 aliphatic heterocycles. The van der Waals surface area contributed by atoms with Crippen LogP contribution in [0.3, 0.4) is 0 Å². The Hall–Kier alpha value is -1.85. The molecule has 1 aliphatic rings. The molecule has 1 aromatic heterocycles. The molecule has 0 unspecified atom stereocenters. The Bertz CT molecular complexity index is 638. The predicted octanol–water partition coefficient (Wildman–Crippen LogP) is 3.96. The van der Waals surface area contributed by atoms with E-state index in [0.29, 0.717) is 0 Å². The van der Waals surface area contributed by atoms with Gasteiger partial charge in [0.15, 0.2) is 0 Å². The minimum absolute atomic E-state index is 0.0105. The van der Waals surface area contributed by atoms with Gasteiger partial charge >= 0.3 is 6.03 Å². The van der Waals surface area contributed by atoms with Crippen molar-refractivity contribution in [3.63, 3.8) is 0 Å². The normalized spacial score (nSPS) is 15.9. The van der Waals surface area contributed by atoms with Crippen LogP contribution in [0, 0.1) is 0 Å². The molecule has 4 nitrogen and oxygen atoms in total. The average molecular weight is 358 g/mol. The summed E-state index contributed by atoms with van der Waals surface area (Å²) in [6.45, 7) is 4.30. The topological polar surface area (TPSA) is 35.6 Å². The van der Waals surface area contributed by atoms with Gasteiger partial charge in [-0.05, 0) is 55.9 Å². The van der Waals surface area contributed by atoms with Gasteiger partial charge in [0.2, 0.25) is 0 Å². The van der Waals surface area contributed by atoms with Gasteiger partial charge in [-0.3, -0.25) is 0 Å². The van der Waals surface area contributed by atoms with Crippen LogP contribution in [0.15, 0.2) is 47.8 Å². The molecule has 1 N–H and O–H groups in total. The highest BCUT2D eigenvalue weighted by atomic mass is 32.1. The molecular formula is C20H27N3OS. The summed E-state index contributed by atoms with van der Waals surface area (Å²) in [4.78, 5) is 18.1. The molecular weight excluding hydrogens is 330 g/mol. The van der Waals surface area contributed by atoms with Crippen LogP contribution in [0.25, 0.3) is 0 Å². The first-order valence-electron chi connectivity index (χ1n) is 9.06. The summed E-state index contributed by atoms with van der Waals surface area (Å²) in [7, 11) is 1.88. The number of hydrogen-bond donors (Lipinski definition) is 1. The van der Waals surface area contributed by atoms with Crippen LogP contribution in [0.5, 0.6) is 0 Å². The highest BCUT2D eigenvalue weighted by Crippen LogP contribution is 2.26. The smallest absolute Gasteiger partial charge is 0.317 e. The quantitative estimate of drug-likeness (QED) is 0.814. The van der Waals surface area contributed by atoms with Gasteiger partial charge in [-0.15, -0.1) is 11.3 Å². The molecule has 1 fully saturated rings. The zero-order chi connectivity index (χ0) is 17.5. The first kappa shape index (κ1) is 18.0. The van der Waals surface area contributed by atoms with E-state index in [1.54, 1.807) is 16.2 Å². The predicted molar refractivity (Wildman–Crippen MR) is 104 cm³/mol. The lowest BCUT2D eigenvalue weighted by Gasteiger charge is -2.24. The Morgan fingerprint density at radius 3 is 2.64 bits per heavy atom. The number of likely N-dealkylation sites (tertiary alicyclic amines) is 1. The van der Waals surface area contributed by atoms with Crippen molar-refractivity contribution in [1.29, 1.82) is 0 Å². The van der Waals surface area contributed by atoms with Gasteiger partial charge < -0.3 is 15.1 Å². The van der Waals surface area contributed by atoms with Gasteiger partial charge in [-0.25, -0.2) is 4.79 Å². The van der Waals surface area contributed by atoms with Crippen LogP contribution in [0.4, 0.5) is 4.79 Å². The van der Waals surface area contributed by atoms with E-state index < -0.39 is 0 Å². The van der Waals surface area contributed by atoms with Crippen molar-refractivity contribution >= 4 is 17.4 Å². The molecule has 0 spiro atoms. The molecule has 2 heterocycles. The third-order valence-corrected chi connectivity index (χ3v) is 5.68. The SMILES string of the molecule is CN(CCCN1CCCC1)C(=O)N[C@H](c1ccccc1)c1cccs1. The molecule has 134 valence electrons. The van der Waals surface area contributed by atoms with Crippen LogP contribution in [0.1, 0.15) is 35.7 Å². The number of hydrogen-bond acceptors (Lipinski definition) is 3. The Labute approximate surface area is 154 Å². The fraction of sp³-hybridized carbons (Fsp3) is 0.450. The van der Waals surface area contributed by atoms with E-state index in [9.17, 15) is 4.79 Å².